The summed E-state index contributed by atoms with van der Waals surface area (Å²) >= 11 is 0. The molecule has 0 unspecified atom stereocenters. The number of primary amides is 1. The highest BCUT2D eigenvalue weighted by Crippen LogP contribution is 2.30. The number of hydrogen-bond donors (Lipinski definition) is 4. The molecule has 1 atom stereocenters. The Morgan fingerprint density at radius 3 is 2.62 bits per heavy atom. The van der Waals surface area contributed by atoms with Gasteiger partial charge in [0.2, 0.25) is 11.8 Å². The van der Waals surface area contributed by atoms with E-state index in [4.69, 9.17) is 10.5 Å². The average molecular weight is 532 g/mol. The summed E-state index contributed by atoms with van der Waals surface area (Å²) in [6.07, 6.45) is 1.63. The summed E-state index contributed by atoms with van der Waals surface area (Å²) in [5.74, 6) is -0.258. The van der Waals surface area contributed by atoms with Gasteiger partial charge in [-0.25, -0.2) is 4.98 Å². The third-order valence-electron chi connectivity index (χ3n) is 6.48. The Balaban J connectivity index is 1.57. The first kappa shape index (κ1) is 27.6. The molecule has 0 spiro atoms. The number of carbonyl (C=O) groups excluding carboxylic acids is 2. The summed E-state index contributed by atoms with van der Waals surface area (Å²) in [5.41, 5.74) is 8.33. The standard InChI is InChI=1S/C28H33N7O4/c1-4-23-28(39-22-8-6-7-19(15-22)30-24(37)5-2)33-27(25(32-23)26(29)38)31-18-9-11-20(12-10-18)35-14-13-34(3)21(16-35)17-36/h5-12,15,21,36H,2,4,13-14,16-17H2,1,3H3,(H2,29,38)(H,30,37)(H,31,33)/t21-/m0/s1. The van der Waals surface area contributed by atoms with Crippen LogP contribution in [0, 0.1) is 0 Å². The largest absolute Gasteiger partial charge is 0.437 e. The molecule has 2 amide bonds. The van der Waals surface area contributed by atoms with Crippen LogP contribution < -0.4 is 26.0 Å². The lowest BCUT2D eigenvalue weighted by Crippen LogP contribution is -2.53. The molecule has 0 saturated carbocycles. The minimum atomic E-state index is -0.718. The van der Waals surface area contributed by atoms with Crippen LogP contribution in [0.25, 0.3) is 0 Å². The van der Waals surface area contributed by atoms with E-state index in [1.807, 2.05) is 38.2 Å². The summed E-state index contributed by atoms with van der Waals surface area (Å²) in [7, 11) is 2.02. The molecule has 204 valence electrons. The van der Waals surface area contributed by atoms with Crippen molar-refractivity contribution in [1.82, 2.24) is 14.9 Å². The van der Waals surface area contributed by atoms with Crippen molar-refractivity contribution in [2.75, 3.05) is 48.8 Å². The molecule has 1 saturated heterocycles. The number of nitrogens with one attached hydrogen (secondary N) is 2. The smallest absolute Gasteiger partial charge is 0.271 e. The molecule has 4 rings (SSSR count). The number of amides is 2. The molecule has 0 radical (unpaired) electrons. The molecule has 11 heteroatoms. The summed E-state index contributed by atoms with van der Waals surface area (Å²) in [4.78, 5) is 37.3. The SMILES string of the molecule is C=CC(=O)Nc1cccc(Oc2nc(Nc3ccc(N4CCN(C)[C@H](CO)C4)cc3)c(C(N)=O)nc2CC)c1. The van der Waals surface area contributed by atoms with Gasteiger partial charge >= 0.3 is 0 Å². The van der Waals surface area contributed by atoms with E-state index < -0.39 is 5.91 Å². The molecule has 3 aromatic rings. The lowest BCUT2D eigenvalue weighted by Gasteiger charge is -2.39. The monoisotopic (exact) mass is 531 g/mol. The van der Waals surface area contributed by atoms with E-state index >= 15 is 0 Å². The summed E-state index contributed by atoms with van der Waals surface area (Å²) in [6.45, 7) is 7.87. The molecule has 5 N–H and O–H groups in total. The number of aliphatic hydroxyl groups is 1. The van der Waals surface area contributed by atoms with Crippen molar-refractivity contribution in [2.45, 2.75) is 19.4 Å². The number of piperazine rings is 1. The first-order valence-electron chi connectivity index (χ1n) is 12.7. The van der Waals surface area contributed by atoms with E-state index in [9.17, 15) is 14.7 Å². The van der Waals surface area contributed by atoms with Crippen LogP contribution in [0.5, 0.6) is 11.6 Å². The maximum Gasteiger partial charge on any atom is 0.271 e. The molecule has 39 heavy (non-hydrogen) atoms. The fourth-order valence-corrected chi connectivity index (χ4v) is 4.24. The van der Waals surface area contributed by atoms with Crippen molar-refractivity contribution < 1.29 is 19.4 Å². The zero-order chi connectivity index (χ0) is 27.9. The van der Waals surface area contributed by atoms with Gasteiger partial charge in [0.1, 0.15) is 11.4 Å². The van der Waals surface area contributed by atoms with E-state index in [0.717, 1.165) is 25.3 Å². The van der Waals surface area contributed by atoms with Crippen molar-refractivity contribution in [3.8, 4) is 11.6 Å². The lowest BCUT2D eigenvalue weighted by molar-refractivity contribution is -0.111. The Labute approximate surface area is 227 Å². The molecule has 11 nitrogen and oxygen atoms in total. The second-order valence-corrected chi connectivity index (χ2v) is 9.15. The number of ether oxygens (including phenoxy) is 1. The number of nitrogens with zero attached hydrogens (tertiary/aromatic N) is 4. The quantitative estimate of drug-likeness (QED) is 0.290. The maximum absolute atomic E-state index is 12.2. The molecule has 1 aliphatic heterocycles. The van der Waals surface area contributed by atoms with Gasteiger partial charge in [0.15, 0.2) is 11.5 Å². The van der Waals surface area contributed by atoms with Gasteiger partial charge in [-0.15, -0.1) is 0 Å². The third kappa shape index (κ3) is 6.70. The van der Waals surface area contributed by atoms with Crippen molar-refractivity contribution in [3.05, 3.63) is 72.6 Å². The van der Waals surface area contributed by atoms with Crippen LogP contribution >= 0.6 is 0 Å². The Morgan fingerprint density at radius 2 is 1.95 bits per heavy atom. The van der Waals surface area contributed by atoms with Crippen molar-refractivity contribution in [2.24, 2.45) is 5.73 Å². The summed E-state index contributed by atoms with van der Waals surface area (Å²) in [5, 5.41) is 15.5. The third-order valence-corrected chi connectivity index (χ3v) is 6.48. The summed E-state index contributed by atoms with van der Waals surface area (Å²) in [6, 6.07) is 14.6. The van der Waals surface area contributed by atoms with Gasteiger partial charge in [-0.3, -0.25) is 14.5 Å². The fourth-order valence-electron chi connectivity index (χ4n) is 4.24. The number of nitrogens with two attached hydrogens (primary N) is 1. The number of hydrogen-bond acceptors (Lipinski definition) is 9. The number of aliphatic hydroxyl groups excluding tert-OH is 1. The highest BCUT2D eigenvalue weighted by Gasteiger charge is 2.24. The van der Waals surface area contributed by atoms with Crippen LogP contribution in [0.4, 0.5) is 22.9 Å². The zero-order valence-electron chi connectivity index (χ0n) is 22.1. The number of carbonyl (C=O) groups is 2. The van der Waals surface area contributed by atoms with Gasteiger partial charge in [0, 0.05) is 42.8 Å². The van der Waals surface area contributed by atoms with Crippen LogP contribution in [0.1, 0.15) is 23.1 Å². The van der Waals surface area contributed by atoms with Gasteiger partial charge < -0.3 is 31.1 Å². The van der Waals surface area contributed by atoms with E-state index in [1.54, 1.807) is 24.3 Å². The predicted molar refractivity (Wildman–Crippen MR) is 151 cm³/mol. The molecule has 2 aromatic carbocycles. The molecular weight excluding hydrogens is 498 g/mol. The molecule has 1 fully saturated rings. The zero-order valence-corrected chi connectivity index (χ0v) is 22.1. The lowest BCUT2D eigenvalue weighted by atomic mass is 10.1. The maximum atomic E-state index is 12.2. The second kappa shape index (κ2) is 12.4. The summed E-state index contributed by atoms with van der Waals surface area (Å²) < 4.78 is 6.02. The first-order valence-corrected chi connectivity index (χ1v) is 12.7. The van der Waals surface area contributed by atoms with Gasteiger partial charge in [0.05, 0.1) is 12.6 Å². The molecule has 0 aliphatic carbocycles. The van der Waals surface area contributed by atoms with E-state index in [-0.39, 0.29) is 35.9 Å². The van der Waals surface area contributed by atoms with Crippen molar-refractivity contribution in [1.29, 1.82) is 0 Å². The number of aromatic nitrogens is 2. The van der Waals surface area contributed by atoms with Crippen molar-refractivity contribution >= 4 is 34.7 Å². The van der Waals surface area contributed by atoms with Crippen molar-refractivity contribution in [3.63, 3.8) is 0 Å². The Bertz CT molecular complexity index is 1350. The number of benzene rings is 2. The van der Waals surface area contributed by atoms with Crippen LogP contribution in [0.3, 0.4) is 0 Å². The number of anilines is 4. The predicted octanol–water partition coefficient (Wildman–Crippen LogP) is 2.91. The van der Waals surface area contributed by atoms with Gasteiger partial charge in [-0.2, -0.15) is 4.98 Å². The minimum Gasteiger partial charge on any atom is -0.437 e. The van der Waals surface area contributed by atoms with Crippen LogP contribution in [0.15, 0.2) is 61.2 Å². The highest BCUT2D eigenvalue weighted by atomic mass is 16.5. The minimum absolute atomic E-state index is 0.000119. The number of likely N-dealkylation sites (N-methyl/N-ethyl adjacent to an activating group) is 1. The van der Waals surface area contributed by atoms with Crippen LogP contribution in [0.2, 0.25) is 0 Å². The topological polar surface area (TPSA) is 146 Å². The molecular formula is C28H33N7O4. The van der Waals surface area contributed by atoms with E-state index in [0.29, 0.717) is 29.2 Å². The van der Waals surface area contributed by atoms with E-state index in [1.165, 1.54) is 6.08 Å². The molecule has 1 aromatic heterocycles. The average Bonchev–Trinajstić information content (AvgIpc) is 2.94. The Hall–Kier alpha value is -4.48. The fraction of sp³-hybridized carbons (Fsp3) is 0.286. The Morgan fingerprint density at radius 1 is 1.18 bits per heavy atom. The second-order valence-electron chi connectivity index (χ2n) is 9.15. The number of aryl methyl sites for hydroxylation is 1. The normalized spacial score (nSPS) is 15.5. The highest BCUT2D eigenvalue weighted by molar-refractivity contribution is 5.99. The number of rotatable bonds is 10. The van der Waals surface area contributed by atoms with Gasteiger partial charge in [-0.05, 0) is 55.9 Å². The van der Waals surface area contributed by atoms with Gasteiger partial charge in [-0.1, -0.05) is 19.6 Å². The first-order chi connectivity index (χ1) is 18.8. The molecule has 0 bridgehead atoms. The van der Waals surface area contributed by atoms with Crippen LogP contribution in [-0.2, 0) is 11.2 Å². The van der Waals surface area contributed by atoms with Crippen LogP contribution in [-0.4, -0.2) is 71.1 Å². The molecule has 2 heterocycles. The Kier molecular flexibility index (Phi) is 8.74. The van der Waals surface area contributed by atoms with E-state index in [2.05, 4.69) is 37.0 Å². The van der Waals surface area contributed by atoms with Gasteiger partial charge in [0.25, 0.3) is 5.91 Å². The molecule has 1 aliphatic rings.